The highest BCUT2D eigenvalue weighted by Gasteiger charge is 2.29. The Labute approximate surface area is 180 Å². The van der Waals surface area contributed by atoms with Crippen molar-refractivity contribution in [3.8, 4) is 11.1 Å². The molecule has 0 spiro atoms. The lowest BCUT2D eigenvalue weighted by Crippen LogP contribution is -2.21. The van der Waals surface area contributed by atoms with Gasteiger partial charge >= 0.3 is 5.51 Å². The van der Waals surface area contributed by atoms with E-state index in [1.165, 1.54) is 36.8 Å². The van der Waals surface area contributed by atoms with Crippen LogP contribution in [0.15, 0.2) is 60.1 Å². The molecule has 3 heterocycles. The highest BCUT2D eigenvalue weighted by atomic mass is 32.2. The van der Waals surface area contributed by atoms with Crippen molar-refractivity contribution in [2.24, 2.45) is 0 Å². The van der Waals surface area contributed by atoms with E-state index in [9.17, 15) is 18.0 Å². The second-order valence-corrected chi connectivity index (χ2v) is 8.08. The van der Waals surface area contributed by atoms with Gasteiger partial charge < -0.3 is 10.2 Å². The van der Waals surface area contributed by atoms with Crippen molar-refractivity contribution in [1.82, 2.24) is 15.0 Å². The molecule has 160 valence electrons. The van der Waals surface area contributed by atoms with Crippen molar-refractivity contribution >= 4 is 29.2 Å². The third kappa shape index (κ3) is 5.32. The lowest BCUT2D eigenvalue weighted by atomic mass is 10.1. The molecular weight excluding hydrogens is 427 g/mol. The topological polar surface area (TPSA) is 71.0 Å². The minimum atomic E-state index is -4.36. The molecule has 2 aromatic heterocycles. The van der Waals surface area contributed by atoms with Gasteiger partial charge in [0.2, 0.25) is 0 Å². The fourth-order valence-corrected chi connectivity index (χ4v) is 3.90. The summed E-state index contributed by atoms with van der Waals surface area (Å²) in [5.41, 5.74) is -2.13. The third-order valence-electron chi connectivity index (χ3n) is 4.75. The summed E-state index contributed by atoms with van der Waals surface area (Å²) in [4.78, 5) is 27.6. The second kappa shape index (κ2) is 8.93. The van der Waals surface area contributed by atoms with Gasteiger partial charge in [-0.05, 0) is 54.9 Å². The Bertz CT molecular complexity index is 1050. The van der Waals surface area contributed by atoms with Gasteiger partial charge in [-0.1, -0.05) is 0 Å². The molecule has 1 amide bonds. The van der Waals surface area contributed by atoms with Crippen molar-refractivity contribution < 1.29 is 18.0 Å². The number of hydrogen-bond donors (Lipinski definition) is 1. The van der Waals surface area contributed by atoms with Gasteiger partial charge in [0.15, 0.2) is 0 Å². The van der Waals surface area contributed by atoms with E-state index in [4.69, 9.17) is 0 Å². The lowest BCUT2D eigenvalue weighted by Gasteiger charge is -2.20. The zero-order chi connectivity index (χ0) is 21.8. The maximum absolute atomic E-state index is 12.8. The first-order valence-corrected chi connectivity index (χ1v) is 10.4. The number of carbonyl (C=O) groups is 1. The summed E-state index contributed by atoms with van der Waals surface area (Å²) >= 11 is -0.201. The number of amides is 1. The largest absolute Gasteiger partial charge is 0.446 e. The molecule has 1 aliphatic rings. The average Bonchev–Trinajstić information content (AvgIpc) is 3.29. The summed E-state index contributed by atoms with van der Waals surface area (Å²) in [5.74, 6) is 0.368. The van der Waals surface area contributed by atoms with Crippen LogP contribution in [-0.4, -0.2) is 39.5 Å². The van der Waals surface area contributed by atoms with Crippen LogP contribution in [0.1, 0.15) is 23.2 Å². The molecule has 31 heavy (non-hydrogen) atoms. The summed E-state index contributed by atoms with van der Waals surface area (Å²) in [6.07, 6.45) is 8.44. The summed E-state index contributed by atoms with van der Waals surface area (Å²) in [6.45, 7) is 1.78. The van der Waals surface area contributed by atoms with Gasteiger partial charge in [-0.15, -0.1) is 0 Å². The molecule has 0 unspecified atom stereocenters. The van der Waals surface area contributed by atoms with Crippen LogP contribution in [0.4, 0.5) is 24.7 Å². The van der Waals surface area contributed by atoms with Gasteiger partial charge in [-0.25, -0.2) is 15.0 Å². The normalized spacial score (nSPS) is 14.0. The number of alkyl halides is 3. The quantitative estimate of drug-likeness (QED) is 0.557. The molecule has 0 atom stereocenters. The minimum Gasteiger partial charge on any atom is -0.356 e. The SMILES string of the molecule is O=C(Nc1ccc(SC(F)(F)F)cc1)c1cnc(N2CCCC2)c(-c2cncnc2)c1. The second-order valence-electron chi connectivity index (χ2n) is 6.94. The third-order valence-corrected chi connectivity index (χ3v) is 5.49. The van der Waals surface area contributed by atoms with Crippen LogP contribution >= 0.6 is 11.8 Å². The molecule has 10 heteroatoms. The van der Waals surface area contributed by atoms with Crippen LogP contribution in [0.2, 0.25) is 0 Å². The Morgan fingerprint density at radius 1 is 1.03 bits per heavy atom. The molecule has 1 N–H and O–H groups in total. The monoisotopic (exact) mass is 445 g/mol. The maximum atomic E-state index is 12.8. The smallest absolute Gasteiger partial charge is 0.356 e. The van der Waals surface area contributed by atoms with Crippen molar-refractivity contribution in [2.45, 2.75) is 23.2 Å². The Morgan fingerprint density at radius 3 is 2.35 bits per heavy atom. The van der Waals surface area contributed by atoms with Crippen molar-refractivity contribution in [1.29, 1.82) is 0 Å². The zero-order valence-electron chi connectivity index (χ0n) is 16.3. The number of aromatic nitrogens is 3. The highest BCUT2D eigenvalue weighted by Crippen LogP contribution is 2.37. The van der Waals surface area contributed by atoms with Crippen molar-refractivity contribution in [2.75, 3.05) is 23.3 Å². The predicted molar refractivity (Wildman–Crippen MR) is 113 cm³/mol. The van der Waals surface area contributed by atoms with Crippen LogP contribution in [0.3, 0.4) is 0 Å². The highest BCUT2D eigenvalue weighted by molar-refractivity contribution is 8.00. The Morgan fingerprint density at radius 2 is 1.71 bits per heavy atom. The molecule has 0 saturated carbocycles. The van der Waals surface area contributed by atoms with Crippen LogP contribution in [-0.2, 0) is 0 Å². The number of rotatable bonds is 5. The Kier molecular flexibility index (Phi) is 6.08. The van der Waals surface area contributed by atoms with E-state index in [1.54, 1.807) is 18.5 Å². The molecule has 1 fully saturated rings. The zero-order valence-corrected chi connectivity index (χ0v) is 17.1. The standard InChI is InChI=1S/C21H18F3N5OS/c22-21(23,24)31-17-5-3-16(4-6-17)28-20(30)14-9-18(15-10-25-13-26-11-15)19(27-12-14)29-7-1-2-8-29/h3-6,9-13H,1-2,7-8H2,(H,28,30). The Balaban J connectivity index is 1.57. The van der Waals surface area contributed by atoms with Crippen LogP contribution in [0.25, 0.3) is 11.1 Å². The van der Waals surface area contributed by atoms with Gasteiger partial charge in [-0.3, -0.25) is 4.79 Å². The number of pyridine rings is 1. The number of nitrogens with one attached hydrogen (secondary N) is 1. The number of hydrogen-bond acceptors (Lipinski definition) is 6. The molecule has 1 saturated heterocycles. The van der Waals surface area contributed by atoms with Crippen molar-refractivity contribution in [3.63, 3.8) is 0 Å². The van der Waals surface area contributed by atoms with E-state index < -0.39 is 11.4 Å². The van der Waals surface area contributed by atoms with Gasteiger partial charge in [0, 0.05) is 53.4 Å². The number of nitrogens with zero attached hydrogens (tertiary/aromatic N) is 4. The fourth-order valence-electron chi connectivity index (χ4n) is 3.36. The molecule has 4 rings (SSSR count). The molecule has 3 aromatic rings. The fraction of sp³-hybridized carbons (Fsp3) is 0.238. The number of benzene rings is 1. The minimum absolute atomic E-state index is 0.0495. The molecule has 1 aromatic carbocycles. The number of halogens is 3. The summed E-state index contributed by atoms with van der Waals surface area (Å²) < 4.78 is 37.4. The maximum Gasteiger partial charge on any atom is 0.446 e. The summed E-state index contributed by atoms with van der Waals surface area (Å²) in [7, 11) is 0. The molecule has 0 bridgehead atoms. The van der Waals surface area contributed by atoms with Gasteiger partial charge in [-0.2, -0.15) is 13.2 Å². The van der Waals surface area contributed by atoms with E-state index in [0.29, 0.717) is 11.3 Å². The average molecular weight is 445 g/mol. The van der Waals surface area contributed by atoms with Gasteiger partial charge in [0.1, 0.15) is 12.1 Å². The molecule has 0 radical (unpaired) electrons. The van der Waals surface area contributed by atoms with Crippen LogP contribution < -0.4 is 10.2 Å². The molecule has 0 aliphatic carbocycles. The van der Waals surface area contributed by atoms with E-state index in [2.05, 4.69) is 25.2 Å². The molecule has 1 aliphatic heterocycles. The predicted octanol–water partition coefficient (Wildman–Crippen LogP) is 5.00. The first-order valence-electron chi connectivity index (χ1n) is 9.56. The molecule has 6 nitrogen and oxygen atoms in total. The summed E-state index contributed by atoms with van der Waals surface area (Å²) in [5, 5.41) is 2.70. The van der Waals surface area contributed by atoms with E-state index in [-0.39, 0.29) is 16.7 Å². The van der Waals surface area contributed by atoms with E-state index >= 15 is 0 Å². The number of anilines is 2. The van der Waals surface area contributed by atoms with Gasteiger partial charge in [0.05, 0.1) is 5.56 Å². The van der Waals surface area contributed by atoms with Crippen molar-refractivity contribution in [3.05, 3.63) is 60.8 Å². The van der Waals surface area contributed by atoms with Gasteiger partial charge in [0.25, 0.3) is 5.91 Å². The van der Waals surface area contributed by atoms with E-state index in [1.807, 2.05) is 0 Å². The first kappa shape index (κ1) is 21.1. The van der Waals surface area contributed by atoms with E-state index in [0.717, 1.165) is 42.9 Å². The van der Waals surface area contributed by atoms with Crippen LogP contribution in [0, 0.1) is 0 Å². The molecular formula is C21H18F3N5OS. The van der Waals surface area contributed by atoms with Crippen LogP contribution in [0.5, 0.6) is 0 Å². The number of carbonyl (C=O) groups excluding carboxylic acids is 1. The Hall–Kier alpha value is -3.14. The summed E-state index contributed by atoms with van der Waals surface area (Å²) in [6, 6.07) is 7.24. The lowest BCUT2D eigenvalue weighted by molar-refractivity contribution is -0.0328. The first-order chi connectivity index (χ1) is 14.9. The number of thioether (sulfide) groups is 1.